The van der Waals surface area contributed by atoms with Crippen molar-refractivity contribution in [2.45, 2.75) is 13.3 Å². The van der Waals surface area contributed by atoms with Crippen molar-refractivity contribution >= 4 is 11.6 Å². The third kappa shape index (κ3) is 2.72. The van der Waals surface area contributed by atoms with Crippen LogP contribution in [0.4, 0.5) is 0 Å². The lowest BCUT2D eigenvalue weighted by atomic mass is 10.2. The van der Waals surface area contributed by atoms with Gasteiger partial charge in [-0.25, -0.2) is 0 Å². The smallest absolute Gasteiger partial charge is 0.0459 e. The standard InChI is InChI=1S/C9H10ClN/c1-7(10)6-9-5-3-4-8(2)11-9/h3-5H,1,6H2,2H3. The van der Waals surface area contributed by atoms with E-state index in [1.54, 1.807) is 0 Å². The Labute approximate surface area is 71.7 Å². The molecule has 0 amide bonds. The predicted molar refractivity (Wildman–Crippen MR) is 47.7 cm³/mol. The third-order valence-electron chi connectivity index (χ3n) is 1.32. The maximum absolute atomic E-state index is 5.63. The van der Waals surface area contributed by atoms with E-state index in [0.717, 1.165) is 11.4 Å². The molecule has 0 spiro atoms. The second kappa shape index (κ2) is 3.54. The molecule has 1 heterocycles. The zero-order chi connectivity index (χ0) is 8.27. The van der Waals surface area contributed by atoms with Gasteiger partial charge in [0, 0.05) is 22.8 Å². The first kappa shape index (κ1) is 8.28. The highest BCUT2D eigenvalue weighted by Crippen LogP contribution is 2.07. The third-order valence-corrected chi connectivity index (χ3v) is 1.45. The summed E-state index contributed by atoms with van der Waals surface area (Å²) in [5.74, 6) is 0. The van der Waals surface area contributed by atoms with Gasteiger partial charge in [0.15, 0.2) is 0 Å². The first-order valence-electron chi connectivity index (χ1n) is 3.44. The minimum atomic E-state index is 0.628. The molecule has 0 aliphatic rings. The Morgan fingerprint density at radius 2 is 2.36 bits per heavy atom. The molecule has 1 aromatic heterocycles. The molecule has 2 heteroatoms. The first-order valence-corrected chi connectivity index (χ1v) is 3.82. The van der Waals surface area contributed by atoms with Crippen LogP contribution in [0.3, 0.4) is 0 Å². The Morgan fingerprint density at radius 1 is 1.64 bits per heavy atom. The van der Waals surface area contributed by atoms with E-state index < -0.39 is 0 Å². The molecule has 0 aliphatic carbocycles. The highest BCUT2D eigenvalue weighted by Gasteiger charge is 1.94. The summed E-state index contributed by atoms with van der Waals surface area (Å²) in [5.41, 5.74) is 1.99. The average molecular weight is 168 g/mol. The number of hydrogen-bond acceptors (Lipinski definition) is 1. The zero-order valence-corrected chi connectivity index (χ0v) is 7.23. The molecule has 0 fully saturated rings. The second-order valence-corrected chi connectivity index (χ2v) is 3.00. The zero-order valence-electron chi connectivity index (χ0n) is 6.47. The molecule has 0 aliphatic heterocycles. The molecule has 0 saturated carbocycles. The number of rotatable bonds is 2. The van der Waals surface area contributed by atoms with E-state index in [1.807, 2.05) is 25.1 Å². The Hall–Kier alpha value is -0.820. The van der Waals surface area contributed by atoms with E-state index in [1.165, 1.54) is 0 Å². The maximum atomic E-state index is 5.63. The SMILES string of the molecule is C=C(Cl)Cc1cccc(C)n1. The lowest BCUT2D eigenvalue weighted by molar-refractivity contribution is 1.05. The van der Waals surface area contributed by atoms with Crippen LogP contribution in [0.2, 0.25) is 0 Å². The molecule has 11 heavy (non-hydrogen) atoms. The van der Waals surface area contributed by atoms with Crippen LogP contribution in [-0.4, -0.2) is 4.98 Å². The Kier molecular flexibility index (Phi) is 2.66. The fourth-order valence-electron chi connectivity index (χ4n) is 0.894. The van der Waals surface area contributed by atoms with Gasteiger partial charge in [0.05, 0.1) is 0 Å². The second-order valence-electron chi connectivity index (χ2n) is 2.46. The van der Waals surface area contributed by atoms with Crippen molar-refractivity contribution in [3.63, 3.8) is 0 Å². The molecular formula is C9H10ClN. The summed E-state index contributed by atoms with van der Waals surface area (Å²) >= 11 is 5.63. The van der Waals surface area contributed by atoms with Gasteiger partial charge >= 0.3 is 0 Å². The van der Waals surface area contributed by atoms with Gasteiger partial charge < -0.3 is 0 Å². The van der Waals surface area contributed by atoms with Crippen molar-refractivity contribution in [3.8, 4) is 0 Å². The molecule has 0 atom stereocenters. The minimum absolute atomic E-state index is 0.628. The van der Waals surface area contributed by atoms with Crippen molar-refractivity contribution < 1.29 is 0 Å². The van der Waals surface area contributed by atoms with Gasteiger partial charge in [0.2, 0.25) is 0 Å². The van der Waals surface area contributed by atoms with Crippen molar-refractivity contribution in [2.75, 3.05) is 0 Å². The van der Waals surface area contributed by atoms with Crippen LogP contribution in [0, 0.1) is 6.92 Å². The van der Waals surface area contributed by atoms with Crippen LogP contribution >= 0.6 is 11.6 Å². The van der Waals surface area contributed by atoms with Gasteiger partial charge in [0.25, 0.3) is 0 Å². The number of halogens is 1. The topological polar surface area (TPSA) is 12.9 Å². The molecule has 1 aromatic rings. The van der Waals surface area contributed by atoms with E-state index >= 15 is 0 Å². The van der Waals surface area contributed by atoms with Gasteiger partial charge in [-0.2, -0.15) is 0 Å². The van der Waals surface area contributed by atoms with Crippen molar-refractivity contribution in [1.82, 2.24) is 4.98 Å². The average Bonchev–Trinajstić information content (AvgIpc) is 1.85. The molecule has 58 valence electrons. The molecular weight excluding hydrogens is 158 g/mol. The summed E-state index contributed by atoms with van der Waals surface area (Å²) in [7, 11) is 0. The molecule has 0 radical (unpaired) electrons. The molecule has 0 unspecified atom stereocenters. The predicted octanol–water partition coefficient (Wildman–Crippen LogP) is 2.69. The summed E-state index contributed by atoms with van der Waals surface area (Å²) in [6.45, 7) is 5.56. The summed E-state index contributed by atoms with van der Waals surface area (Å²) in [5, 5.41) is 0.628. The van der Waals surface area contributed by atoms with Crippen LogP contribution in [0.15, 0.2) is 29.8 Å². The normalized spacial score (nSPS) is 9.64. The first-order chi connectivity index (χ1) is 5.18. The van der Waals surface area contributed by atoms with E-state index in [-0.39, 0.29) is 0 Å². The van der Waals surface area contributed by atoms with E-state index in [2.05, 4.69) is 11.6 Å². The summed E-state index contributed by atoms with van der Waals surface area (Å²) in [4.78, 5) is 4.27. The van der Waals surface area contributed by atoms with E-state index in [9.17, 15) is 0 Å². The lowest BCUT2D eigenvalue weighted by Crippen LogP contribution is -1.90. The summed E-state index contributed by atoms with van der Waals surface area (Å²) < 4.78 is 0. The van der Waals surface area contributed by atoms with Crippen LogP contribution < -0.4 is 0 Å². The number of nitrogens with zero attached hydrogens (tertiary/aromatic N) is 1. The molecule has 0 aromatic carbocycles. The van der Waals surface area contributed by atoms with E-state index in [4.69, 9.17) is 11.6 Å². The fraction of sp³-hybridized carbons (Fsp3) is 0.222. The largest absolute Gasteiger partial charge is 0.258 e. The van der Waals surface area contributed by atoms with Gasteiger partial charge in [-0.3, -0.25) is 4.98 Å². The minimum Gasteiger partial charge on any atom is -0.258 e. The molecule has 0 saturated heterocycles. The van der Waals surface area contributed by atoms with E-state index in [0.29, 0.717) is 11.5 Å². The Morgan fingerprint density at radius 3 is 2.91 bits per heavy atom. The Balaban J connectivity index is 2.79. The monoisotopic (exact) mass is 167 g/mol. The molecule has 0 N–H and O–H groups in total. The van der Waals surface area contributed by atoms with Crippen molar-refractivity contribution in [3.05, 3.63) is 41.2 Å². The van der Waals surface area contributed by atoms with Crippen LogP contribution in [0.5, 0.6) is 0 Å². The highest BCUT2D eigenvalue weighted by atomic mass is 35.5. The van der Waals surface area contributed by atoms with Crippen LogP contribution in [0.1, 0.15) is 11.4 Å². The van der Waals surface area contributed by atoms with Gasteiger partial charge in [-0.15, -0.1) is 0 Å². The van der Waals surface area contributed by atoms with Gasteiger partial charge in [0.1, 0.15) is 0 Å². The summed E-state index contributed by atoms with van der Waals surface area (Å²) in [6, 6.07) is 5.87. The van der Waals surface area contributed by atoms with Crippen molar-refractivity contribution in [2.24, 2.45) is 0 Å². The van der Waals surface area contributed by atoms with Crippen LogP contribution in [0.25, 0.3) is 0 Å². The number of hydrogen-bond donors (Lipinski definition) is 0. The Bertz CT molecular complexity index is 268. The van der Waals surface area contributed by atoms with Gasteiger partial charge in [-0.1, -0.05) is 24.2 Å². The molecule has 1 rings (SSSR count). The number of allylic oxidation sites excluding steroid dienone is 1. The maximum Gasteiger partial charge on any atom is 0.0459 e. The quantitative estimate of drug-likeness (QED) is 0.660. The fourth-order valence-corrected chi connectivity index (χ4v) is 1.03. The summed E-state index contributed by atoms with van der Waals surface area (Å²) in [6.07, 6.45) is 0.656. The van der Waals surface area contributed by atoms with Gasteiger partial charge in [-0.05, 0) is 19.1 Å². The number of aryl methyl sites for hydroxylation is 1. The number of pyridine rings is 1. The highest BCUT2D eigenvalue weighted by molar-refractivity contribution is 6.29. The van der Waals surface area contributed by atoms with Crippen LogP contribution in [-0.2, 0) is 6.42 Å². The number of aromatic nitrogens is 1. The molecule has 1 nitrogen and oxygen atoms in total. The van der Waals surface area contributed by atoms with Crippen molar-refractivity contribution in [1.29, 1.82) is 0 Å². The lowest BCUT2D eigenvalue weighted by Gasteiger charge is -1.98. The molecule has 0 bridgehead atoms.